The molecular formula is C29H39N5S. The van der Waals surface area contributed by atoms with Crippen LogP contribution < -0.4 is 5.73 Å². The Hall–Kier alpha value is -2.99. The minimum Gasteiger partial charge on any atom is -0.382 e. The largest absolute Gasteiger partial charge is 0.382 e. The molecule has 35 heavy (non-hydrogen) atoms. The predicted octanol–water partition coefficient (Wildman–Crippen LogP) is 7.77. The summed E-state index contributed by atoms with van der Waals surface area (Å²) < 4.78 is 1.96. The molecule has 0 spiro atoms. The van der Waals surface area contributed by atoms with Crippen LogP contribution in [0.5, 0.6) is 0 Å². The van der Waals surface area contributed by atoms with E-state index < -0.39 is 0 Å². The van der Waals surface area contributed by atoms with Gasteiger partial charge in [-0.2, -0.15) is 0 Å². The lowest BCUT2D eigenvalue weighted by molar-refractivity contribution is 0.404. The molecule has 6 heteroatoms. The fraction of sp³-hybridized carbons (Fsp3) is 0.379. The predicted molar refractivity (Wildman–Crippen MR) is 155 cm³/mol. The van der Waals surface area contributed by atoms with E-state index in [0.29, 0.717) is 12.5 Å². The molecule has 3 heterocycles. The first kappa shape index (κ1) is 26.6. The van der Waals surface area contributed by atoms with Crippen molar-refractivity contribution in [3.8, 4) is 11.4 Å². The number of aliphatic imine (C=N–C) groups is 1. The van der Waals surface area contributed by atoms with Crippen LogP contribution in [0.4, 0.5) is 0 Å². The van der Waals surface area contributed by atoms with Crippen LogP contribution in [0.15, 0.2) is 66.5 Å². The van der Waals surface area contributed by atoms with Crippen molar-refractivity contribution in [2.24, 2.45) is 16.6 Å². The van der Waals surface area contributed by atoms with Crippen molar-refractivity contribution >= 4 is 33.4 Å². The van der Waals surface area contributed by atoms with Gasteiger partial charge in [-0.25, -0.2) is 9.98 Å². The van der Waals surface area contributed by atoms with Gasteiger partial charge in [0.1, 0.15) is 23.9 Å². The van der Waals surface area contributed by atoms with Gasteiger partial charge in [0, 0.05) is 15.9 Å². The highest BCUT2D eigenvalue weighted by molar-refractivity contribution is 8.07. The van der Waals surface area contributed by atoms with Gasteiger partial charge in [-0.3, -0.25) is 0 Å². The Morgan fingerprint density at radius 2 is 1.97 bits per heavy atom. The zero-order chi connectivity index (χ0) is 25.4. The van der Waals surface area contributed by atoms with Gasteiger partial charge >= 0.3 is 0 Å². The van der Waals surface area contributed by atoms with Crippen molar-refractivity contribution in [2.75, 3.05) is 6.26 Å². The van der Waals surface area contributed by atoms with Gasteiger partial charge < -0.3 is 15.3 Å². The number of nitrogens with zero attached hydrogens (tertiary/aromatic N) is 3. The maximum absolute atomic E-state index is 6.01. The first-order valence-electron chi connectivity index (χ1n) is 12.5. The number of fused-ring (bicyclic) bond motifs is 2. The van der Waals surface area contributed by atoms with E-state index >= 15 is 0 Å². The summed E-state index contributed by atoms with van der Waals surface area (Å²) in [6, 6.07) is 8.38. The summed E-state index contributed by atoms with van der Waals surface area (Å²) in [4.78, 5) is 13.5. The topological polar surface area (TPSA) is 72.0 Å². The van der Waals surface area contributed by atoms with Crippen LogP contribution in [-0.2, 0) is 6.67 Å². The zero-order valence-electron chi connectivity index (χ0n) is 21.6. The first-order valence-corrected chi connectivity index (χ1v) is 13.8. The monoisotopic (exact) mass is 489 g/mol. The summed E-state index contributed by atoms with van der Waals surface area (Å²) in [6.07, 6.45) is 14.8. The van der Waals surface area contributed by atoms with Crippen LogP contribution in [0.25, 0.3) is 27.2 Å². The van der Waals surface area contributed by atoms with Crippen molar-refractivity contribution in [1.29, 1.82) is 0 Å². The highest BCUT2D eigenvalue weighted by Gasteiger charge is 2.22. The van der Waals surface area contributed by atoms with Crippen LogP contribution in [0.2, 0.25) is 0 Å². The molecule has 0 bridgehead atoms. The van der Waals surface area contributed by atoms with Crippen LogP contribution in [-0.4, -0.2) is 26.6 Å². The molecule has 0 unspecified atom stereocenters. The summed E-state index contributed by atoms with van der Waals surface area (Å²) in [5.41, 5.74) is 12.3. The normalized spacial score (nSPS) is 15.4. The van der Waals surface area contributed by atoms with Gasteiger partial charge in [0.25, 0.3) is 0 Å². The Morgan fingerprint density at radius 3 is 2.60 bits per heavy atom. The number of benzene rings is 1. The van der Waals surface area contributed by atoms with E-state index in [-0.39, 0.29) is 0 Å². The minimum atomic E-state index is 0.540. The molecule has 2 aromatic heterocycles. The third-order valence-corrected chi connectivity index (χ3v) is 7.24. The third-order valence-electron chi connectivity index (χ3n) is 6.44. The maximum atomic E-state index is 6.01. The standard InChI is InChI=1S/C18H17N5S.C9H16.C2H6/c1-3-5-14(24-2)12-7-4-6-11-8-13(22-15(11)12)16-17-18(19)21-10-23(17)9-20-16;1-8(2)9-6-4-3-5-7-9;1-2/h3-9,22H,1,10H2,2H3,(H2,19,21);9H,1,3-7H2,2H3;1-2H3/b14-5-;;. The number of aromatic nitrogens is 3. The molecular weight excluding hydrogens is 450 g/mol. The minimum absolute atomic E-state index is 0.540. The molecule has 5 nitrogen and oxygen atoms in total. The number of nitrogens with one attached hydrogen (secondary N) is 1. The molecule has 186 valence electrons. The highest BCUT2D eigenvalue weighted by Crippen LogP contribution is 2.34. The SMILES string of the molecule is C=C(C)C1CCCCC1.C=C/C=C(\SC)c1cccc2cc(-c3ncn4c3C(N)=NC4)[nH]c12.CC. The van der Waals surface area contributed by atoms with Crippen LogP contribution >= 0.6 is 11.8 Å². The molecule has 1 aliphatic carbocycles. The number of thioether (sulfide) groups is 1. The van der Waals surface area contributed by atoms with Crippen molar-refractivity contribution in [3.05, 3.63) is 72.7 Å². The number of H-pyrrole nitrogens is 1. The van der Waals surface area contributed by atoms with E-state index in [1.54, 1.807) is 18.1 Å². The average molecular weight is 490 g/mol. The second-order valence-corrected chi connectivity index (χ2v) is 9.55. The lowest BCUT2D eigenvalue weighted by Gasteiger charge is -2.21. The van der Waals surface area contributed by atoms with E-state index in [4.69, 9.17) is 5.73 Å². The third kappa shape index (κ3) is 5.99. The molecule has 1 aliphatic heterocycles. The van der Waals surface area contributed by atoms with Gasteiger partial charge in [0.15, 0.2) is 0 Å². The number of hydrogen-bond donors (Lipinski definition) is 2. The van der Waals surface area contributed by atoms with E-state index in [1.165, 1.54) is 42.6 Å². The number of imidazole rings is 1. The number of allylic oxidation sites excluding steroid dienone is 3. The summed E-state index contributed by atoms with van der Waals surface area (Å²) in [7, 11) is 0. The highest BCUT2D eigenvalue weighted by atomic mass is 32.2. The quantitative estimate of drug-likeness (QED) is 0.284. The van der Waals surface area contributed by atoms with E-state index in [2.05, 4.69) is 65.6 Å². The Kier molecular flexibility index (Phi) is 9.61. The smallest absolute Gasteiger partial charge is 0.146 e. The second-order valence-electron chi connectivity index (χ2n) is 8.70. The fourth-order valence-electron chi connectivity index (χ4n) is 4.64. The molecule has 3 N–H and O–H groups in total. The van der Waals surface area contributed by atoms with Crippen molar-refractivity contribution in [1.82, 2.24) is 14.5 Å². The van der Waals surface area contributed by atoms with E-state index in [1.807, 2.05) is 30.6 Å². The lowest BCUT2D eigenvalue weighted by Crippen LogP contribution is -2.12. The molecule has 0 amide bonds. The fourth-order valence-corrected chi connectivity index (χ4v) is 5.26. The molecule has 0 atom stereocenters. The number of para-hydroxylation sites is 1. The molecule has 3 aromatic rings. The van der Waals surface area contributed by atoms with Crippen molar-refractivity contribution in [3.63, 3.8) is 0 Å². The molecule has 5 rings (SSSR count). The molecule has 1 aromatic carbocycles. The summed E-state index contributed by atoms with van der Waals surface area (Å²) in [5, 5.41) is 1.14. The number of aromatic amines is 1. The van der Waals surface area contributed by atoms with Crippen molar-refractivity contribution < 1.29 is 0 Å². The van der Waals surface area contributed by atoms with Crippen molar-refractivity contribution in [2.45, 2.75) is 59.5 Å². The number of hydrogen-bond acceptors (Lipinski definition) is 4. The van der Waals surface area contributed by atoms with E-state index in [9.17, 15) is 0 Å². The Morgan fingerprint density at radius 1 is 1.23 bits per heavy atom. The Balaban J connectivity index is 0.000000262. The Bertz CT molecular complexity index is 1220. The molecule has 1 fully saturated rings. The molecule has 0 saturated heterocycles. The van der Waals surface area contributed by atoms with Crippen LogP contribution in [0, 0.1) is 5.92 Å². The van der Waals surface area contributed by atoms with Crippen LogP contribution in [0.3, 0.4) is 0 Å². The molecule has 0 radical (unpaired) electrons. The maximum Gasteiger partial charge on any atom is 0.146 e. The van der Waals surface area contributed by atoms with Gasteiger partial charge in [0.2, 0.25) is 0 Å². The lowest BCUT2D eigenvalue weighted by atomic mass is 9.85. The van der Waals surface area contributed by atoms with Gasteiger partial charge in [-0.1, -0.05) is 76.1 Å². The summed E-state index contributed by atoms with van der Waals surface area (Å²) in [6.45, 7) is 14.5. The number of nitrogens with two attached hydrogens (primary N) is 1. The second kappa shape index (κ2) is 12.6. The summed E-state index contributed by atoms with van der Waals surface area (Å²) in [5.74, 6) is 1.40. The van der Waals surface area contributed by atoms with Gasteiger partial charge in [-0.15, -0.1) is 11.8 Å². The van der Waals surface area contributed by atoms with Gasteiger partial charge in [-0.05, 0) is 44.1 Å². The zero-order valence-corrected chi connectivity index (χ0v) is 22.4. The average Bonchev–Trinajstić information content (AvgIpc) is 3.60. The summed E-state index contributed by atoms with van der Waals surface area (Å²) >= 11 is 1.70. The number of rotatable bonds is 5. The van der Waals surface area contributed by atoms with Gasteiger partial charge in [0.05, 0.1) is 17.5 Å². The number of amidine groups is 1. The van der Waals surface area contributed by atoms with E-state index in [0.717, 1.165) is 39.5 Å². The molecule has 1 saturated carbocycles. The van der Waals surface area contributed by atoms with Crippen LogP contribution in [0.1, 0.15) is 64.1 Å². The Labute approximate surface area is 214 Å². The molecule has 2 aliphatic rings. The first-order chi connectivity index (χ1) is 17.0.